The molecule has 0 N–H and O–H groups in total. The van der Waals surface area contributed by atoms with Crippen LogP contribution in [-0.4, -0.2) is 30.4 Å². The second-order valence-electron chi connectivity index (χ2n) is 4.83. The SMILES string of the molecule is COc1ccc(CN2CCC(CBr)CC2)c(F)c1. The van der Waals surface area contributed by atoms with E-state index in [1.807, 2.05) is 12.1 Å². The lowest BCUT2D eigenvalue weighted by atomic mass is 9.99. The number of rotatable bonds is 4. The molecule has 0 radical (unpaired) electrons. The van der Waals surface area contributed by atoms with E-state index in [9.17, 15) is 4.39 Å². The molecule has 1 heterocycles. The van der Waals surface area contributed by atoms with Gasteiger partial charge in [-0.25, -0.2) is 4.39 Å². The van der Waals surface area contributed by atoms with Gasteiger partial charge in [0.1, 0.15) is 11.6 Å². The van der Waals surface area contributed by atoms with E-state index in [4.69, 9.17) is 4.74 Å². The summed E-state index contributed by atoms with van der Waals surface area (Å²) < 4.78 is 18.8. The van der Waals surface area contributed by atoms with Crippen molar-refractivity contribution in [1.82, 2.24) is 4.90 Å². The fourth-order valence-electron chi connectivity index (χ4n) is 2.32. The Bertz CT molecular complexity index is 391. The standard InChI is InChI=1S/C14H19BrFNO/c1-18-13-3-2-12(14(16)8-13)10-17-6-4-11(9-15)5-7-17/h2-3,8,11H,4-7,9-10H2,1H3. The molecule has 0 atom stereocenters. The van der Waals surface area contributed by atoms with Gasteiger partial charge in [0.2, 0.25) is 0 Å². The molecule has 2 nitrogen and oxygen atoms in total. The van der Waals surface area contributed by atoms with Crippen LogP contribution < -0.4 is 4.74 Å². The van der Waals surface area contributed by atoms with E-state index in [0.717, 1.165) is 29.9 Å². The zero-order valence-corrected chi connectivity index (χ0v) is 12.2. The molecule has 1 aliphatic rings. The number of hydrogen-bond donors (Lipinski definition) is 0. The molecule has 100 valence electrons. The van der Waals surface area contributed by atoms with Crippen LogP contribution in [0.25, 0.3) is 0 Å². The smallest absolute Gasteiger partial charge is 0.131 e. The monoisotopic (exact) mass is 315 g/mol. The van der Waals surface area contributed by atoms with E-state index in [0.29, 0.717) is 12.3 Å². The van der Waals surface area contributed by atoms with Crippen molar-refractivity contribution in [2.45, 2.75) is 19.4 Å². The third kappa shape index (κ3) is 3.45. The first-order valence-electron chi connectivity index (χ1n) is 6.33. The highest BCUT2D eigenvalue weighted by molar-refractivity contribution is 9.09. The predicted molar refractivity (Wildman–Crippen MR) is 74.7 cm³/mol. The summed E-state index contributed by atoms with van der Waals surface area (Å²) >= 11 is 3.53. The first-order chi connectivity index (χ1) is 8.72. The third-order valence-electron chi connectivity index (χ3n) is 3.58. The number of likely N-dealkylation sites (tertiary alicyclic amines) is 1. The molecule has 0 amide bonds. The molecule has 1 fully saturated rings. The van der Waals surface area contributed by atoms with Gasteiger partial charge in [0.05, 0.1) is 7.11 Å². The maximum absolute atomic E-state index is 13.8. The summed E-state index contributed by atoms with van der Waals surface area (Å²) in [5.41, 5.74) is 0.757. The van der Waals surface area contributed by atoms with Crippen LogP contribution in [0, 0.1) is 11.7 Å². The van der Waals surface area contributed by atoms with E-state index in [1.54, 1.807) is 7.11 Å². The molecule has 1 aromatic rings. The van der Waals surface area contributed by atoms with Gasteiger partial charge in [-0.05, 0) is 37.9 Å². The molecule has 0 saturated carbocycles. The van der Waals surface area contributed by atoms with Gasteiger partial charge < -0.3 is 4.74 Å². The van der Waals surface area contributed by atoms with Gasteiger partial charge in [0, 0.05) is 23.5 Å². The average Bonchev–Trinajstić information content (AvgIpc) is 2.42. The molecule has 2 rings (SSSR count). The Morgan fingerprint density at radius 3 is 2.67 bits per heavy atom. The Balaban J connectivity index is 1.94. The molecule has 1 aromatic carbocycles. The first kappa shape index (κ1) is 13.8. The van der Waals surface area contributed by atoms with Crippen LogP contribution in [0.4, 0.5) is 4.39 Å². The van der Waals surface area contributed by atoms with Crippen molar-refractivity contribution in [3.8, 4) is 5.75 Å². The second kappa shape index (κ2) is 6.53. The molecule has 0 aliphatic carbocycles. The Kier molecular flexibility index (Phi) is 5.01. The molecule has 0 spiro atoms. The van der Waals surface area contributed by atoms with Crippen LogP contribution in [-0.2, 0) is 6.54 Å². The van der Waals surface area contributed by atoms with Gasteiger partial charge in [-0.3, -0.25) is 4.90 Å². The molecule has 18 heavy (non-hydrogen) atoms. The van der Waals surface area contributed by atoms with Gasteiger partial charge in [0.25, 0.3) is 0 Å². The molecule has 4 heteroatoms. The van der Waals surface area contributed by atoms with Crippen molar-refractivity contribution in [3.05, 3.63) is 29.6 Å². The van der Waals surface area contributed by atoms with E-state index in [-0.39, 0.29) is 5.82 Å². The number of hydrogen-bond acceptors (Lipinski definition) is 2. The van der Waals surface area contributed by atoms with Crippen LogP contribution in [0.5, 0.6) is 5.75 Å². The van der Waals surface area contributed by atoms with Crippen LogP contribution in [0.3, 0.4) is 0 Å². The summed E-state index contributed by atoms with van der Waals surface area (Å²) in [5.74, 6) is 1.19. The van der Waals surface area contributed by atoms with E-state index < -0.39 is 0 Å². The Morgan fingerprint density at radius 1 is 1.39 bits per heavy atom. The minimum atomic E-state index is -0.169. The highest BCUT2D eigenvalue weighted by Crippen LogP contribution is 2.22. The maximum Gasteiger partial charge on any atom is 0.131 e. The molecule has 1 saturated heterocycles. The number of halogens is 2. The summed E-state index contributed by atoms with van der Waals surface area (Å²) in [7, 11) is 1.56. The van der Waals surface area contributed by atoms with E-state index in [1.165, 1.54) is 18.9 Å². The topological polar surface area (TPSA) is 12.5 Å². The molecule has 1 aliphatic heterocycles. The molecular weight excluding hydrogens is 297 g/mol. The van der Waals surface area contributed by atoms with Crippen molar-refractivity contribution in [1.29, 1.82) is 0 Å². The second-order valence-corrected chi connectivity index (χ2v) is 5.48. The Labute approximate surface area is 116 Å². The number of alkyl halides is 1. The lowest BCUT2D eigenvalue weighted by Gasteiger charge is -2.31. The zero-order chi connectivity index (χ0) is 13.0. The van der Waals surface area contributed by atoms with Crippen molar-refractivity contribution in [3.63, 3.8) is 0 Å². The average molecular weight is 316 g/mol. The molecular formula is C14H19BrFNO. The largest absolute Gasteiger partial charge is 0.497 e. The van der Waals surface area contributed by atoms with Crippen LogP contribution in [0.1, 0.15) is 18.4 Å². The lowest BCUT2D eigenvalue weighted by molar-refractivity contribution is 0.185. The Hall–Kier alpha value is -0.610. The normalized spacial score (nSPS) is 17.9. The van der Waals surface area contributed by atoms with Crippen molar-refractivity contribution in [2.75, 3.05) is 25.5 Å². The van der Waals surface area contributed by atoms with Gasteiger partial charge in [-0.1, -0.05) is 22.0 Å². The van der Waals surface area contributed by atoms with Crippen molar-refractivity contribution >= 4 is 15.9 Å². The molecule has 0 bridgehead atoms. The summed E-state index contributed by atoms with van der Waals surface area (Å²) in [6, 6.07) is 5.11. The third-order valence-corrected chi connectivity index (χ3v) is 4.50. The minimum Gasteiger partial charge on any atom is -0.497 e. The fraction of sp³-hybridized carbons (Fsp3) is 0.571. The maximum atomic E-state index is 13.8. The minimum absolute atomic E-state index is 0.169. The highest BCUT2D eigenvalue weighted by atomic mass is 79.9. The number of ether oxygens (including phenoxy) is 1. The van der Waals surface area contributed by atoms with E-state index >= 15 is 0 Å². The first-order valence-corrected chi connectivity index (χ1v) is 7.46. The summed E-state index contributed by atoms with van der Waals surface area (Å²) in [5, 5.41) is 1.08. The van der Waals surface area contributed by atoms with Crippen molar-refractivity contribution in [2.24, 2.45) is 5.92 Å². The quantitative estimate of drug-likeness (QED) is 0.789. The Morgan fingerprint density at radius 2 is 2.11 bits per heavy atom. The fourth-order valence-corrected chi connectivity index (χ4v) is 2.97. The van der Waals surface area contributed by atoms with Gasteiger partial charge in [-0.2, -0.15) is 0 Å². The summed E-state index contributed by atoms with van der Waals surface area (Å²) in [6.45, 7) is 2.81. The molecule has 0 aromatic heterocycles. The van der Waals surface area contributed by atoms with E-state index in [2.05, 4.69) is 20.8 Å². The van der Waals surface area contributed by atoms with Gasteiger partial charge in [-0.15, -0.1) is 0 Å². The highest BCUT2D eigenvalue weighted by Gasteiger charge is 2.19. The van der Waals surface area contributed by atoms with Gasteiger partial charge >= 0.3 is 0 Å². The van der Waals surface area contributed by atoms with Gasteiger partial charge in [0.15, 0.2) is 0 Å². The summed E-state index contributed by atoms with van der Waals surface area (Å²) in [6.07, 6.45) is 2.39. The van der Waals surface area contributed by atoms with Crippen LogP contribution >= 0.6 is 15.9 Å². The lowest BCUT2D eigenvalue weighted by Crippen LogP contribution is -2.33. The number of methoxy groups -OCH3 is 1. The number of benzene rings is 1. The number of piperidine rings is 1. The van der Waals surface area contributed by atoms with Crippen LogP contribution in [0.15, 0.2) is 18.2 Å². The van der Waals surface area contributed by atoms with Crippen molar-refractivity contribution < 1.29 is 9.13 Å². The predicted octanol–water partition coefficient (Wildman–Crippen LogP) is 3.44. The summed E-state index contributed by atoms with van der Waals surface area (Å²) in [4.78, 5) is 2.32. The van der Waals surface area contributed by atoms with Crippen LogP contribution in [0.2, 0.25) is 0 Å². The zero-order valence-electron chi connectivity index (χ0n) is 10.7. The number of nitrogens with zero attached hydrogens (tertiary/aromatic N) is 1. The molecule has 0 unspecified atom stereocenters.